The van der Waals surface area contributed by atoms with Crippen LogP contribution < -0.4 is 4.31 Å². The number of aromatic nitrogens is 1. The number of ketones is 1. The van der Waals surface area contributed by atoms with Crippen LogP contribution in [0, 0.1) is 13.8 Å². The molecule has 0 aliphatic heterocycles. The highest BCUT2D eigenvalue weighted by molar-refractivity contribution is 7.92. The SMILES string of the molecule is Cc1[nH]c(C(=O)OCC(=O)c2ccc(N(C)S(C)(=O)=O)cc2)c(C)c1[C@@H](C)O. The lowest BCUT2D eigenvalue weighted by Crippen LogP contribution is -2.24. The maximum Gasteiger partial charge on any atom is 0.355 e. The summed E-state index contributed by atoms with van der Waals surface area (Å²) in [6.45, 7) is 4.58. The van der Waals surface area contributed by atoms with Crippen LogP contribution in [0.5, 0.6) is 0 Å². The molecular formula is C19H24N2O6S. The fourth-order valence-electron chi connectivity index (χ4n) is 2.93. The molecule has 2 rings (SSSR count). The first kappa shape index (κ1) is 21.6. The van der Waals surface area contributed by atoms with Gasteiger partial charge >= 0.3 is 5.97 Å². The van der Waals surface area contributed by atoms with Crippen molar-refractivity contribution in [2.24, 2.45) is 0 Å². The van der Waals surface area contributed by atoms with E-state index < -0.39 is 34.5 Å². The van der Waals surface area contributed by atoms with Crippen LogP contribution in [0.15, 0.2) is 24.3 Å². The predicted molar refractivity (Wildman–Crippen MR) is 105 cm³/mol. The van der Waals surface area contributed by atoms with Crippen LogP contribution in [0.4, 0.5) is 5.69 Å². The van der Waals surface area contributed by atoms with Gasteiger partial charge in [-0.2, -0.15) is 0 Å². The molecule has 0 fully saturated rings. The van der Waals surface area contributed by atoms with E-state index in [9.17, 15) is 23.1 Å². The van der Waals surface area contributed by atoms with Gasteiger partial charge in [-0.25, -0.2) is 13.2 Å². The number of anilines is 1. The number of hydrogen-bond donors (Lipinski definition) is 2. The number of aliphatic hydroxyl groups is 1. The minimum atomic E-state index is -3.40. The summed E-state index contributed by atoms with van der Waals surface area (Å²) in [7, 11) is -1.98. The number of aliphatic hydroxyl groups excluding tert-OH is 1. The van der Waals surface area contributed by atoms with Crippen LogP contribution in [0.3, 0.4) is 0 Å². The van der Waals surface area contributed by atoms with Crippen molar-refractivity contribution in [2.75, 3.05) is 24.2 Å². The number of aryl methyl sites for hydroxylation is 1. The number of benzene rings is 1. The van der Waals surface area contributed by atoms with Gasteiger partial charge in [0.05, 0.1) is 18.0 Å². The van der Waals surface area contributed by atoms with E-state index in [1.54, 1.807) is 20.8 Å². The Kier molecular flexibility index (Phi) is 6.30. The summed E-state index contributed by atoms with van der Waals surface area (Å²) >= 11 is 0. The fourth-order valence-corrected chi connectivity index (χ4v) is 3.44. The number of rotatable bonds is 7. The van der Waals surface area contributed by atoms with Crippen molar-refractivity contribution in [3.8, 4) is 0 Å². The summed E-state index contributed by atoms with van der Waals surface area (Å²) in [5, 5.41) is 9.79. The Bertz CT molecular complexity index is 990. The first-order chi connectivity index (χ1) is 12.9. The van der Waals surface area contributed by atoms with E-state index in [4.69, 9.17) is 4.74 Å². The Morgan fingerprint density at radius 3 is 2.25 bits per heavy atom. The van der Waals surface area contributed by atoms with Gasteiger partial charge in [0.15, 0.2) is 12.4 Å². The van der Waals surface area contributed by atoms with Gasteiger partial charge in [-0.3, -0.25) is 9.10 Å². The number of hydrogen-bond acceptors (Lipinski definition) is 6. The number of esters is 1. The zero-order chi connectivity index (χ0) is 21.2. The summed E-state index contributed by atoms with van der Waals surface area (Å²) in [4.78, 5) is 27.4. The van der Waals surface area contributed by atoms with E-state index in [0.29, 0.717) is 28.1 Å². The van der Waals surface area contributed by atoms with Crippen molar-refractivity contribution in [3.63, 3.8) is 0 Å². The molecule has 1 aromatic heterocycles. The zero-order valence-electron chi connectivity index (χ0n) is 16.4. The van der Waals surface area contributed by atoms with Crippen LogP contribution in [-0.4, -0.2) is 50.2 Å². The lowest BCUT2D eigenvalue weighted by atomic mass is 10.1. The first-order valence-corrected chi connectivity index (χ1v) is 10.4. The molecule has 0 amide bonds. The lowest BCUT2D eigenvalue weighted by molar-refractivity contribution is 0.0468. The molecule has 1 heterocycles. The second kappa shape index (κ2) is 8.15. The maximum absolute atomic E-state index is 12.3. The molecule has 2 aromatic rings. The van der Waals surface area contributed by atoms with E-state index in [1.807, 2.05) is 0 Å². The molecule has 2 N–H and O–H groups in total. The molecule has 0 unspecified atom stereocenters. The highest BCUT2D eigenvalue weighted by Crippen LogP contribution is 2.25. The average Bonchev–Trinajstić information content (AvgIpc) is 2.92. The molecule has 8 nitrogen and oxygen atoms in total. The minimum absolute atomic E-state index is 0.200. The van der Waals surface area contributed by atoms with Crippen molar-refractivity contribution >= 4 is 27.5 Å². The van der Waals surface area contributed by atoms with Gasteiger partial charge in [0.2, 0.25) is 10.0 Å². The van der Waals surface area contributed by atoms with E-state index in [2.05, 4.69) is 4.98 Å². The van der Waals surface area contributed by atoms with Gasteiger partial charge in [-0.05, 0) is 50.6 Å². The summed E-state index contributed by atoms with van der Waals surface area (Å²) < 4.78 is 29.3. The molecule has 0 saturated heterocycles. The smallest absolute Gasteiger partial charge is 0.355 e. The van der Waals surface area contributed by atoms with Crippen LogP contribution in [0.25, 0.3) is 0 Å². The first-order valence-electron chi connectivity index (χ1n) is 8.55. The van der Waals surface area contributed by atoms with Crippen LogP contribution >= 0.6 is 0 Å². The molecule has 0 bridgehead atoms. The molecule has 28 heavy (non-hydrogen) atoms. The van der Waals surface area contributed by atoms with Gasteiger partial charge in [-0.1, -0.05) is 0 Å². The molecule has 0 radical (unpaired) electrons. The highest BCUT2D eigenvalue weighted by atomic mass is 32.2. The highest BCUT2D eigenvalue weighted by Gasteiger charge is 2.22. The topological polar surface area (TPSA) is 117 Å². The summed E-state index contributed by atoms with van der Waals surface area (Å²) in [5.41, 5.74) is 2.78. The Hall–Kier alpha value is -2.65. The van der Waals surface area contributed by atoms with E-state index in [-0.39, 0.29) is 5.69 Å². The number of nitrogens with zero attached hydrogens (tertiary/aromatic N) is 1. The number of ether oxygens (including phenoxy) is 1. The fraction of sp³-hybridized carbons (Fsp3) is 0.368. The summed E-state index contributed by atoms with van der Waals surface area (Å²) in [6.07, 6.45) is 0.349. The van der Waals surface area contributed by atoms with Gasteiger partial charge in [-0.15, -0.1) is 0 Å². The molecule has 1 aromatic carbocycles. The molecule has 9 heteroatoms. The molecule has 0 aliphatic rings. The van der Waals surface area contributed by atoms with Crippen LogP contribution in [-0.2, 0) is 14.8 Å². The number of carbonyl (C=O) groups excluding carboxylic acids is 2. The Morgan fingerprint density at radius 1 is 1.21 bits per heavy atom. The van der Waals surface area contributed by atoms with E-state index in [0.717, 1.165) is 10.6 Å². The van der Waals surface area contributed by atoms with Crippen molar-refractivity contribution in [1.82, 2.24) is 4.98 Å². The van der Waals surface area contributed by atoms with E-state index >= 15 is 0 Å². The van der Waals surface area contributed by atoms with Crippen molar-refractivity contribution in [2.45, 2.75) is 26.9 Å². The third kappa shape index (κ3) is 4.60. The Morgan fingerprint density at radius 2 is 1.79 bits per heavy atom. The monoisotopic (exact) mass is 408 g/mol. The van der Waals surface area contributed by atoms with Gasteiger partial charge in [0.1, 0.15) is 5.69 Å². The predicted octanol–water partition coefficient (Wildman–Crippen LogP) is 2.12. The Balaban J connectivity index is 2.06. The number of sulfonamides is 1. The van der Waals surface area contributed by atoms with Crippen molar-refractivity contribution in [3.05, 3.63) is 52.3 Å². The van der Waals surface area contributed by atoms with Crippen molar-refractivity contribution in [1.29, 1.82) is 0 Å². The number of H-pyrrole nitrogens is 1. The molecule has 0 spiro atoms. The second-order valence-electron chi connectivity index (χ2n) is 6.62. The third-order valence-electron chi connectivity index (χ3n) is 4.50. The van der Waals surface area contributed by atoms with Crippen molar-refractivity contribution < 1.29 is 27.9 Å². The normalized spacial score (nSPS) is 12.5. The molecule has 1 atom stereocenters. The zero-order valence-corrected chi connectivity index (χ0v) is 17.3. The number of carbonyl (C=O) groups is 2. The number of aromatic amines is 1. The lowest BCUT2D eigenvalue weighted by Gasteiger charge is -2.16. The summed E-state index contributed by atoms with van der Waals surface area (Å²) in [6, 6.07) is 5.96. The quantitative estimate of drug-likeness (QED) is 0.535. The maximum atomic E-state index is 12.3. The number of Topliss-reactive ketones (excluding diaryl/α,β-unsaturated/α-hetero) is 1. The standard InChI is InChI=1S/C19H24N2O6S/c1-11-17(13(3)22)12(2)20-18(11)19(24)27-10-16(23)14-6-8-15(9-7-14)21(4)28(5,25)26/h6-9,13,20,22H,10H2,1-5H3/t13-/m1/s1. The number of nitrogens with one attached hydrogen (secondary N) is 1. The summed E-state index contributed by atoms with van der Waals surface area (Å²) in [5.74, 6) is -1.10. The molecular weight excluding hydrogens is 384 g/mol. The van der Waals surface area contributed by atoms with Gasteiger partial charge in [0.25, 0.3) is 0 Å². The van der Waals surface area contributed by atoms with Gasteiger partial charge < -0.3 is 14.8 Å². The average molecular weight is 408 g/mol. The molecule has 0 aliphatic carbocycles. The van der Waals surface area contributed by atoms with Gasteiger partial charge in [0, 0.05) is 23.9 Å². The third-order valence-corrected chi connectivity index (χ3v) is 5.71. The molecule has 152 valence electrons. The minimum Gasteiger partial charge on any atom is -0.453 e. The largest absolute Gasteiger partial charge is 0.453 e. The van der Waals surface area contributed by atoms with Crippen LogP contribution in [0.1, 0.15) is 50.7 Å². The second-order valence-corrected chi connectivity index (χ2v) is 8.63. The van der Waals surface area contributed by atoms with E-state index in [1.165, 1.54) is 31.3 Å². The van der Waals surface area contributed by atoms with Crippen LogP contribution in [0.2, 0.25) is 0 Å². The molecule has 0 saturated carbocycles. The Labute approximate surface area is 164 Å².